The van der Waals surface area contributed by atoms with Gasteiger partial charge in [0.25, 0.3) is 0 Å². The van der Waals surface area contributed by atoms with Crippen molar-refractivity contribution < 1.29 is 24.2 Å². The number of carbonyl (C=O) groups excluding carboxylic acids is 2. The molecule has 1 aliphatic heterocycles. The highest BCUT2D eigenvalue weighted by atomic mass is 31.2. The Labute approximate surface area is 138 Å². The second kappa shape index (κ2) is 6.23. The normalized spacial score (nSPS) is 17.1. The third kappa shape index (κ3) is 2.98. The summed E-state index contributed by atoms with van der Waals surface area (Å²) in [6, 6.07) is 12.9. The molecule has 3 rings (SSSR count). The van der Waals surface area contributed by atoms with Crippen molar-refractivity contribution in [2.45, 2.75) is 12.8 Å². The molecule has 1 fully saturated rings. The molecule has 0 radical (unpaired) electrons. The third-order valence-electron chi connectivity index (χ3n) is 3.96. The maximum Gasteiger partial charge on any atom is 0.249 e. The average Bonchev–Trinajstić information content (AvgIpc) is 2.87. The van der Waals surface area contributed by atoms with Crippen molar-refractivity contribution in [3.8, 4) is 16.9 Å². The Morgan fingerprint density at radius 3 is 2.08 bits per heavy atom. The molecule has 1 heterocycles. The largest absolute Gasteiger partial charge is 0.507 e. The number of nitrogens with zero attached hydrogens (tertiary/aromatic N) is 1. The first-order valence-electron chi connectivity index (χ1n) is 7.43. The number of para-hydroxylation sites is 1. The van der Waals surface area contributed by atoms with Gasteiger partial charge in [0.1, 0.15) is 12.0 Å². The second-order valence-electron chi connectivity index (χ2n) is 5.59. The molecule has 24 heavy (non-hydrogen) atoms. The Bertz CT molecular complexity index is 848. The maximum atomic E-state index is 12.9. The topological polar surface area (TPSA) is 94.9 Å². The fourth-order valence-electron chi connectivity index (χ4n) is 2.76. The molecule has 1 saturated heterocycles. The van der Waals surface area contributed by atoms with Crippen molar-refractivity contribution in [2.75, 3.05) is 6.29 Å². The standard InChI is InChI=1S/C17H16NO5P/c19-14-7-3-1-5-12(14)13-6-2-4-8-15(13)24(22,23)11-18-16(20)9-10-17(18)21/h1-8,19H,9-11H2,(H,22,23). The van der Waals surface area contributed by atoms with Gasteiger partial charge in [-0.15, -0.1) is 0 Å². The molecule has 124 valence electrons. The van der Waals surface area contributed by atoms with Gasteiger partial charge in [0.2, 0.25) is 19.2 Å². The molecule has 0 spiro atoms. The fourth-order valence-corrected chi connectivity index (χ4v) is 4.50. The van der Waals surface area contributed by atoms with Gasteiger partial charge in [-0.25, -0.2) is 0 Å². The summed E-state index contributed by atoms with van der Waals surface area (Å²) in [6.07, 6.45) is -0.408. The van der Waals surface area contributed by atoms with Gasteiger partial charge in [0.15, 0.2) is 0 Å². The lowest BCUT2D eigenvalue weighted by molar-refractivity contribution is -0.137. The lowest BCUT2D eigenvalue weighted by atomic mass is 10.0. The van der Waals surface area contributed by atoms with Crippen LogP contribution in [0, 0.1) is 0 Å². The highest BCUT2D eigenvalue weighted by molar-refractivity contribution is 7.66. The molecule has 1 unspecified atom stereocenters. The van der Waals surface area contributed by atoms with E-state index in [1.54, 1.807) is 36.4 Å². The Balaban J connectivity index is 2.03. The maximum absolute atomic E-state index is 12.9. The quantitative estimate of drug-likeness (QED) is 0.653. The number of carbonyl (C=O) groups is 2. The van der Waals surface area contributed by atoms with Crippen LogP contribution in [-0.2, 0) is 14.2 Å². The Morgan fingerprint density at radius 2 is 1.46 bits per heavy atom. The summed E-state index contributed by atoms with van der Waals surface area (Å²) in [7, 11) is -4.02. The molecule has 6 nitrogen and oxygen atoms in total. The average molecular weight is 345 g/mol. The van der Waals surface area contributed by atoms with Crippen molar-refractivity contribution in [3.63, 3.8) is 0 Å². The van der Waals surface area contributed by atoms with E-state index in [0.29, 0.717) is 11.1 Å². The zero-order valence-electron chi connectivity index (χ0n) is 12.8. The molecule has 0 aliphatic carbocycles. The van der Waals surface area contributed by atoms with Gasteiger partial charge in [0, 0.05) is 23.7 Å². The number of amides is 2. The van der Waals surface area contributed by atoms with Crippen LogP contribution in [0.1, 0.15) is 12.8 Å². The summed E-state index contributed by atoms with van der Waals surface area (Å²) < 4.78 is 12.9. The molecule has 2 amide bonds. The molecule has 2 aromatic rings. The summed E-state index contributed by atoms with van der Waals surface area (Å²) in [5, 5.41) is 10.1. The molecule has 0 bridgehead atoms. The fraction of sp³-hybridized carbons (Fsp3) is 0.176. The molecule has 0 aromatic heterocycles. The van der Waals surface area contributed by atoms with E-state index in [-0.39, 0.29) is 23.9 Å². The van der Waals surface area contributed by atoms with E-state index in [2.05, 4.69) is 0 Å². The zero-order chi connectivity index (χ0) is 17.3. The number of benzene rings is 2. The lowest BCUT2D eigenvalue weighted by Gasteiger charge is -2.21. The van der Waals surface area contributed by atoms with Crippen molar-refractivity contribution >= 4 is 24.5 Å². The van der Waals surface area contributed by atoms with Crippen LogP contribution in [0.25, 0.3) is 11.1 Å². The van der Waals surface area contributed by atoms with E-state index in [1.165, 1.54) is 12.1 Å². The first kappa shape index (κ1) is 16.4. The van der Waals surface area contributed by atoms with E-state index in [1.807, 2.05) is 0 Å². The highest BCUT2D eigenvalue weighted by Crippen LogP contribution is 2.45. The van der Waals surface area contributed by atoms with Gasteiger partial charge >= 0.3 is 0 Å². The third-order valence-corrected chi connectivity index (χ3v) is 5.77. The summed E-state index contributed by atoms with van der Waals surface area (Å²) >= 11 is 0. The minimum atomic E-state index is -4.02. The summed E-state index contributed by atoms with van der Waals surface area (Å²) in [5.74, 6) is -0.887. The first-order valence-corrected chi connectivity index (χ1v) is 9.27. The Morgan fingerprint density at radius 1 is 0.917 bits per heavy atom. The van der Waals surface area contributed by atoms with Gasteiger partial charge in [0.05, 0.1) is 0 Å². The molecular weight excluding hydrogens is 329 g/mol. The summed E-state index contributed by atoms with van der Waals surface area (Å²) in [5.41, 5.74) is 0.821. The minimum absolute atomic E-state index is 0.0155. The van der Waals surface area contributed by atoms with Crippen LogP contribution in [0.5, 0.6) is 5.75 Å². The van der Waals surface area contributed by atoms with Crippen LogP contribution in [0.2, 0.25) is 0 Å². The molecule has 0 saturated carbocycles. The monoisotopic (exact) mass is 345 g/mol. The van der Waals surface area contributed by atoms with Crippen LogP contribution in [-0.4, -0.2) is 33.0 Å². The van der Waals surface area contributed by atoms with Gasteiger partial charge in [-0.05, 0) is 17.7 Å². The summed E-state index contributed by atoms with van der Waals surface area (Å²) in [4.78, 5) is 34.9. The molecule has 2 N–H and O–H groups in total. The van der Waals surface area contributed by atoms with Crippen molar-refractivity contribution in [1.82, 2.24) is 4.90 Å². The lowest BCUT2D eigenvalue weighted by Crippen LogP contribution is -2.32. The van der Waals surface area contributed by atoms with E-state index in [0.717, 1.165) is 4.90 Å². The number of likely N-dealkylation sites (tertiary alicyclic amines) is 1. The van der Waals surface area contributed by atoms with Gasteiger partial charge in [-0.3, -0.25) is 19.1 Å². The van der Waals surface area contributed by atoms with Gasteiger partial charge in [-0.2, -0.15) is 0 Å². The number of hydrogen-bond donors (Lipinski definition) is 2. The minimum Gasteiger partial charge on any atom is -0.507 e. The van der Waals surface area contributed by atoms with E-state index >= 15 is 0 Å². The van der Waals surface area contributed by atoms with Gasteiger partial charge < -0.3 is 10.00 Å². The predicted molar refractivity (Wildman–Crippen MR) is 89.0 cm³/mol. The van der Waals surface area contributed by atoms with Crippen molar-refractivity contribution in [1.29, 1.82) is 0 Å². The second-order valence-corrected chi connectivity index (χ2v) is 7.76. The van der Waals surface area contributed by atoms with Crippen LogP contribution >= 0.6 is 7.37 Å². The number of hydrogen-bond acceptors (Lipinski definition) is 4. The number of phenolic OH excluding ortho intramolecular Hbond substituents is 1. The van der Waals surface area contributed by atoms with Crippen molar-refractivity contribution in [3.05, 3.63) is 48.5 Å². The molecule has 1 aliphatic rings. The molecule has 1 atom stereocenters. The number of aromatic hydroxyl groups is 1. The van der Waals surface area contributed by atoms with E-state index < -0.39 is 25.5 Å². The van der Waals surface area contributed by atoms with Crippen LogP contribution in [0.3, 0.4) is 0 Å². The van der Waals surface area contributed by atoms with Gasteiger partial charge in [-0.1, -0.05) is 36.4 Å². The Kier molecular flexibility index (Phi) is 4.26. The zero-order valence-corrected chi connectivity index (χ0v) is 13.6. The first-order chi connectivity index (χ1) is 11.4. The summed E-state index contributed by atoms with van der Waals surface area (Å²) in [6.45, 7) is 0. The smallest absolute Gasteiger partial charge is 0.249 e. The van der Waals surface area contributed by atoms with Crippen LogP contribution in [0.15, 0.2) is 48.5 Å². The van der Waals surface area contributed by atoms with E-state index in [9.17, 15) is 24.2 Å². The highest BCUT2D eigenvalue weighted by Gasteiger charge is 2.36. The van der Waals surface area contributed by atoms with E-state index in [4.69, 9.17) is 0 Å². The number of rotatable bonds is 4. The molecule has 2 aromatic carbocycles. The van der Waals surface area contributed by atoms with Crippen LogP contribution < -0.4 is 5.30 Å². The molecular formula is C17H16NO5P. The van der Waals surface area contributed by atoms with Crippen molar-refractivity contribution in [2.24, 2.45) is 0 Å². The SMILES string of the molecule is O=C1CCC(=O)N1CP(=O)(O)c1ccccc1-c1ccccc1O. The Hall–Kier alpha value is -2.43. The number of imide groups is 1. The predicted octanol–water partition coefficient (Wildman–Crippen LogP) is 2.06. The number of phenols is 1. The molecule has 7 heteroatoms. The van der Waals surface area contributed by atoms with Crippen LogP contribution in [0.4, 0.5) is 0 Å².